The lowest BCUT2D eigenvalue weighted by Gasteiger charge is -2.35. The van der Waals surface area contributed by atoms with Crippen molar-refractivity contribution in [2.45, 2.75) is 22.8 Å². The van der Waals surface area contributed by atoms with E-state index in [9.17, 15) is 0 Å². The van der Waals surface area contributed by atoms with Crippen molar-refractivity contribution in [1.82, 2.24) is 0 Å². The van der Waals surface area contributed by atoms with E-state index < -0.39 is 0 Å². The van der Waals surface area contributed by atoms with Crippen LogP contribution in [0.4, 0.5) is 11.4 Å². The Bertz CT molecular complexity index is 581. The fraction of sp³-hybridized carbons (Fsp3) is 0.125. The summed E-state index contributed by atoms with van der Waals surface area (Å²) in [7, 11) is 0. The highest BCUT2D eigenvalue weighted by atomic mass is 32.2. The van der Waals surface area contributed by atoms with Gasteiger partial charge in [0.15, 0.2) is 0 Å². The number of rotatable bonds is 1. The molecule has 18 heavy (non-hydrogen) atoms. The van der Waals surface area contributed by atoms with Crippen LogP contribution in [0.5, 0.6) is 0 Å². The highest BCUT2D eigenvalue weighted by Crippen LogP contribution is 2.48. The largest absolute Gasteiger partial charge is 0.325 e. The van der Waals surface area contributed by atoms with Crippen LogP contribution in [0.2, 0.25) is 0 Å². The average Bonchev–Trinajstić information content (AvgIpc) is 2.44. The Morgan fingerprint density at radius 1 is 1.00 bits per heavy atom. The molecule has 1 unspecified atom stereocenters. The number of benzene rings is 2. The molecule has 3 rings (SSSR count). The first kappa shape index (κ1) is 11.3. The standard InChI is InChI=1S/C16H13NS/c1-3-12(2)17-13-8-4-6-10-15(13)18-16-11-7-5-9-14(16)17/h1,4-12H,2H3. The highest BCUT2D eigenvalue weighted by molar-refractivity contribution is 7.99. The third-order valence-corrected chi connectivity index (χ3v) is 4.23. The second kappa shape index (κ2) is 4.44. The number of terminal acetylenes is 1. The maximum absolute atomic E-state index is 5.62. The topological polar surface area (TPSA) is 3.24 Å². The van der Waals surface area contributed by atoms with Crippen molar-refractivity contribution < 1.29 is 0 Å². The molecule has 0 bridgehead atoms. The van der Waals surface area contributed by atoms with Gasteiger partial charge in [-0.25, -0.2) is 0 Å². The van der Waals surface area contributed by atoms with Crippen LogP contribution < -0.4 is 4.90 Å². The van der Waals surface area contributed by atoms with Gasteiger partial charge in [0.25, 0.3) is 0 Å². The number of hydrogen-bond donors (Lipinski definition) is 0. The van der Waals surface area contributed by atoms with Gasteiger partial charge in [0, 0.05) is 9.79 Å². The van der Waals surface area contributed by atoms with Crippen LogP contribution in [0.1, 0.15) is 6.92 Å². The number of para-hydroxylation sites is 2. The van der Waals surface area contributed by atoms with Gasteiger partial charge in [0.2, 0.25) is 0 Å². The van der Waals surface area contributed by atoms with Crippen LogP contribution in [0.3, 0.4) is 0 Å². The lowest BCUT2D eigenvalue weighted by Crippen LogP contribution is -2.29. The molecule has 2 aromatic rings. The average molecular weight is 251 g/mol. The molecule has 0 radical (unpaired) electrons. The summed E-state index contributed by atoms with van der Waals surface area (Å²) >= 11 is 1.80. The molecule has 1 aliphatic rings. The molecule has 1 atom stereocenters. The summed E-state index contributed by atoms with van der Waals surface area (Å²) in [5, 5.41) is 0. The van der Waals surface area contributed by atoms with Crippen molar-refractivity contribution in [3.05, 3.63) is 48.5 Å². The summed E-state index contributed by atoms with van der Waals surface area (Å²) in [6.07, 6.45) is 5.62. The number of nitrogens with zero attached hydrogens (tertiary/aromatic N) is 1. The minimum Gasteiger partial charge on any atom is -0.325 e. The second-order valence-electron chi connectivity index (χ2n) is 4.25. The van der Waals surface area contributed by atoms with Crippen LogP contribution in [-0.2, 0) is 0 Å². The van der Waals surface area contributed by atoms with Crippen LogP contribution in [0, 0.1) is 12.3 Å². The van der Waals surface area contributed by atoms with Crippen molar-refractivity contribution in [2.24, 2.45) is 0 Å². The molecule has 1 heterocycles. The van der Waals surface area contributed by atoms with Gasteiger partial charge < -0.3 is 4.90 Å². The quantitative estimate of drug-likeness (QED) is 0.695. The van der Waals surface area contributed by atoms with E-state index in [1.807, 2.05) is 0 Å². The Hall–Kier alpha value is -1.85. The number of hydrogen-bond acceptors (Lipinski definition) is 2. The van der Waals surface area contributed by atoms with Crippen LogP contribution >= 0.6 is 11.8 Å². The minimum absolute atomic E-state index is 0.0493. The normalized spacial score (nSPS) is 14.3. The van der Waals surface area contributed by atoms with E-state index in [0.717, 1.165) is 0 Å². The molecule has 1 nitrogen and oxygen atoms in total. The van der Waals surface area contributed by atoms with Crippen molar-refractivity contribution >= 4 is 23.1 Å². The SMILES string of the molecule is C#CC(C)N1c2ccccc2Sc2ccccc21. The molecule has 0 N–H and O–H groups in total. The van der Waals surface area contributed by atoms with E-state index in [4.69, 9.17) is 6.42 Å². The smallest absolute Gasteiger partial charge is 0.0922 e. The van der Waals surface area contributed by atoms with Crippen molar-refractivity contribution in [1.29, 1.82) is 0 Å². The van der Waals surface area contributed by atoms with Crippen molar-refractivity contribution in [3.8, 4) is 12.3 Å². The predicted octanol–water partition coefficient (Wildman–Crippen LogP) is 4.31. The fourth-order valence-electron chi connectivity index (χ4n) is 2.23. The van der Waals surface area contributed by atoms with Gasteiger partial charge in [0.05, 0.1) is 17.4 Å². The van der Waals surface area contributed by atoms with Crippen molar-refractivity contribution in [2.75, 3.05) is 4.90 Å². The molecular weight excluding hydrogens is 238 g/mol. The second-order valence-corrected chi connectivity index (χ2v) is 5.33. The first-order chi connectivity index (χ1) is 8.81. The van der Waals surface area contributed by atoms with Crippen molar-refractivity contribution in [3.63, 3.8) is 0 Å². The zero-order valence-electron chi connectivity index (χ0n) is 10.1. The lowest BCUT2D eigenvalue weighted by atomic mass is 10.1. The maximum atomic E-state index is 5.62. The predicted molar refractivity (Wildman–Crippen MR) is 77.4 cm³/mol. The minimum atomic E-state index is 0.0493. The zero-order valence-corrected chi connectivity index (χ0v) is 10.9. The summed E-state index contributed by atoms with van der Waals surface area (Å²) in [6, 6.07) is 16.9. The van der Waals surface area contributed by atoms with Crippen LogP contribution in [-0.4, -0.2) is 6.04 Å². The van der Waals surface area contributed by atoms with Gasteiger partial charge >= 0.3 is 0 Å². The van der Waals surface area contributed by atoms with Gasteiger partial charge in [-0.1, -0.05) is 41.9 Å². The highest BCUT2D eigenvalue weighted by Gasteiger charge is 2.25. The van der Waals surface area contributed by atoms with Gasteiger partial charge in [-0.05, 0) is 31.2 Å². The zero-order chi connectivity index (χ0) is 12.5. The summed E-state index contributed by atoms with van der Waals surface area (Å²) in [5.74, 6) is 2.83. The Balaban J connectivity index is 2.21. The molecule has 1 aliphatic heterocycles. The Morgan fingerprint density at radius 3 is 2.00 bits per heavy atom. The van der Waals surface area contributed by atoms with Crippen LogP contribution in [0.15, 0.2) is 58.3 Å². The first-order valence-electron chi connectivity index (χ1n) is 5.92. The fourth-order valence-corrected chi connectivity index (χ4v) is 3.30. The maximum Gasteiger partial charge on any atom is 0.0922 e. The van der Waals surface area contributed by atoms with E-state index in [-0.39, 0.29) is 6.04 Å². The molecule has 2 heteroatoms. The molecule has 0 aliphatic carbocycles. The molecular formula is C16H13NS. The molecule has 2 aromatic carbocycles. The molecule has 88 valence electrons. The van der Waals surface area contributed by atoms with E-state index in [1.165, 1.54) is 21.2 Å². The summed E-state index contributed by atoms with van der Waals surface area (Å²) < 4.78 is 0. The molecule has 0 aromatic heterocycles. The molecule has 0 amide bonds. The first-order valence-corrected chi connectivity index (χ1v) is 6.74. The molecule has 0 saturated carbocycles. The van der Waals surface area contributed by atoms with Gasteiger partial charge in [-0.2, -0.15) is 0 Å². The third kappa shape index (κ3) is 1.68. The lowest BCUT2D eigenvalue weighted by molar-refractivity contribution is 0.865. The Labute approximate surface area is 112 Å². The van der Waals surface area contributed by atoms with E-state index >= 15 is 0 Å². The Kier molecular flexibility index (Phi) is 2.77. The van der Waals surface area contributed by atoms with E-state index in [1.54, 1.807) is 11.8 Å². The third-order valence-electron chi connectivity index (χ3n) is 3.10. The summed E-state index contributed by atoms with van der Waals surface area (Å²) in [6.45, 7) is 2.06. The molecule has 0 spiro atoms. The van der Waals surface area contributed by atoms with Gasteiger partial charge in [0.1, 0.15) is 0 Å². The summed E-state index contributed by atoms with van der Waals surface area (Å²) in [4.78, 5) is 4.76. The van der Waals surface area contributed by atoms with Gasteiger partial charge in [-0.15, -0.1) is 6.42 Å². The Morgan fingerprint density at radius 2 is 1.50 bits per heavy atom. The van der Waals surface area contributed by atoms with E-state index in [2.05, 4.69) is 66.3 Å². The number of anilines is 2. The molecule has 0 fully saturated rings. The van der Waals surface area contributed by atoms with Gasteiger partial charge in [-0.3, -0.25) is 0 Å². The number of fused-ring (bicyclic) bond motifs is 2. The molecule has 0 saturated heterocycles. The van der Waals surface area contributed by atoms with E-state index in [0.29, 0.717) is 0 Å². The van der Waals surface area contributed by atoms with Crippen LogP contribution in [0.25, 0.3) is 0 Å². The summed E-state index contributed by atoms with van der Waals surface area (Å²) in [5.41, 5.74) is 2.40. The monoisotopic (exact) mass is 251 g/mol.